The van der Waals surface area contributed by atoms with Crippen LogP contribution >= 0.6 is 23.4 Å². The summed E-state index contributed by atoms with van der Waals surface area (Å²) in [5.41, 5.74) is 1.95. The number of halogens is 1. The molecule has 2 aliphatic rings. The van der Waals surface area contributed by atoms with E-state index in [-0.39, 0.29) is 28.7 Å². The Balaban J connectivity index is 1.95. The first kappa shape index (κ1) is 19.5. The molecule has 3 rings (SSSR count). The van der Waals surface area contributed by atoms with Crippen LogP contribution in [0.25, 0.3) is 0 Å². The number of thioether (sulfide) groups is 1. The topological polar surface area (TPSA) is 70.0 Å². The van der Waals surface area contributed by atoms with Crippen molar-refractivity contribution in [1.82, 2.24) is 0 Å². The number of sulfone groups is 1. The molecule has 2 unspecified atom stereocenters. The molecular weight excluding hydrogens is 394 g/mol. The van der Waals surface area contributed by atoms with Crippen molar-refractivity contribution in [3.63, 3.8) is 0 Å². The molecule has 9 heteroatoms. The Kier molecular flexibility index (Phi) is 5.84. The molecule has 1 aromatic rings. The van der Waals surface area contributed by atoms with Gasteiger partial charge in [-0.3, -0.25) is 4.79 Å². The molecule has 0 aromatic heterocycles. The van der Waals surface area contributed by atoms with E-state index >= 15 is 0 Å². The van der Waals surface area contributed by atoms with Gasteiger partial charge in [0.25, 0.3) is 5.91 Å². The van der Waals surface area contributed by atoms with Gasteiger partial charge in [0.2, 0.25) is 0 Å². The molecule has 2 fully saturated rings. The summed E-state index contributed by atoms with van der Waals surface area (Å²) in [7, 11) is -3.07. The standard InChI is InChI=1S/C17H22ClN3O3S2/c1-3-20(4-2)12-5-7-13(8-6-12)21-14-10-26(23,24)11-15(14)25-17(21)19-16(22)9-18/h5-8,14-15H,3-4,9-11H2,1-2H3. The smallest absolute Gasteiger partial charge is 0.262 e. The zero-order valence-electron chi connectivity index (χ0n) is 14.8. The molecule has 0 spiro atoms. The quantitative estimate of drug-likeness (QED) is 0.687. The number of fused-ring (bicyclic) bond motifs is 1. The van der Waals surface area contributed by atoms with E-state index in [9.17, 15) is 13.2 Å². The lowest BCUT2D eigenvalue weighted by Gasteiger charge is -2.26. The summed E-state index contributed by atoms with van der Waals surface area (Å²) in [5, 5.41) is 0.431. The van der Waals surface area contributed by atoms with Crippen molar-refractivity contribution in [2.75, 3.05) is 40.3 Å². The van der Waals surface area contributed by atoms with Crippen molar-refractivity contribution >= 4 is 55.6 Å². The first-order chi connectivity index (χ1) is 12.4. The minimum Gasteiger partial charge on any atom is -0.372 e. The van der Waals surface area contributed by atoms with Gasteiger partial charge < -0.3 is 9.80 Å². The lowest BCUT2D eigenvalue weighted by molar-refractivity contribution is -0.115. The number of anilines is 2. The van der Waals surface area contributed by atoms with Crippen LogP contribution in [0, 0.1) is 0 Å². The van der Waals surface area contributed by atoms with Gasteiger partial charge in [-0.05, 0) is 38.1 Å². The van der Waals surface area contributed by atoms with Crippen LogP contribution in [-0.2, 0) is 14.6 Å². The van der Waals surface area contributed by atoms with Gasteiger partial charge in [-0.25, -0.2) is 8.42 Å². The predicted octanol–water partition coefficient (Wildman–Crippen LogP) is 2.37. The average Bonchev–Trinajstić information content (AvgIpc) is 3.07. The maximum absolute atomic E-state index is 12.1. The highest BCUT2D eigenvalue weighted by Gasteiger charge is 2.49. The fourth-order valence-corrected chi connectivity index (χ4v) is 7.41. The van der Waals surface area contributed by atoms with Gasteiger partial charge in [0, 0.05) is 29.7 Å². The molecule has 1 amide bonds. The number of alkyl halides is 1. The van der Waals surface area contributed by atoms with Gasteiger partial charge in [0.15, 0.2) is 15.0 Å². The number of hydrogen-bond acceptors (Lipinski definition) is 5. The molecule has 2 saturated heterocycles. The summed E-state index contributed by atoms with van der Waals surface area (Å²) in [6, 6.07) is 7.76. The summed E-state index contributed by atoms with van der Waals surface area (Å²) < 4.78 is 24.1. The monoisotopic (exact) mass is 415 g/mol. The Labute approximate surface area is 163 Å². The number of carbonyl (C=O) groups is 1. The molecule has 2 atom stereocenters. The second-order valence-corrected chi connectivity index (χ2v) is 9.91. The van der Waals surface area contributed by atoms with Crippen LogP contribution in [0.15, 0.2) is 29.3 Å². The molecule has 0 radical (unpaired) electrons. The maximum Gasteiger partial charge on any atom is 0.262 e. The van der Waals surface area contributed by atoms with Crippen molar-refractivity contribution in [2.45, 2.75) is 25.1 Å². The molecule has 26 heavy (non-hydrogen) atoms. The van der Waals surface area contributed by atoms with E-state index < -0.39 is 15.7 Å². The van der Waals surface area contributed by atoms with Crippen LogP contribution in [-0.4, -0.2) is 61.3 Å². The Hall–Kier alpha value is -1.25. The predicted molar refractivity (Wildman–Crippen MR) is 109 cm³/mol. The molecule has 0 bridgehead atoms. The summed E-state index contributed by atoms with van der Waals surface area (Å²) in [6.45, 7) is 6.03. The van der Waals surface area contributed by atoms with E-state index in [2.05, 4.69) is 23.7 Å². The van der Waals surface area contributed by atoms with Crippen molar-refractivity contribution in [1.29, 1.82) is 0 Å². The van der Waals surface area contributed by atoms with E-state index in [0.717, 1.165) is 24.5 Å². The minimum atomic E-state index is -3.07. The van der Waals surface area contributed by atoms with E-state index in [1.54, 1.807) is 0 Å². The Bertz CT molecular complexity index is 807. The van der Waals surface area contributed by atoms with Crippen molar-refractivity contribution in [3.8, 4) is 0 Å². The molecule has 0 aliphatic carbocycles. The third-order valence-electron chi connectivity index (χ3n) is 4.66. The number of benzene rings is 1. The van der Waals surface area contributed by atoms with Gasteiger partial charge in [0.05, 0.1) is 17.5 Å². The second kappa shape index (κ2) is 7.78. The van der Waals surface area contributed by atoms with Crippen LogP contribution < -0.4 is 9.80 Å². The van der Waals surface area contributed by atoms with E-state index in [1.807, 2.05) is 29.2 Å². The number of rotatable bonds is 5. The minimum absolute atomic E-state index is 0.0799. The first-order valence-corrected chi connectivity index (χ1v) is 11.8. The van der Waals surface area contributed by atoms with Crippen LogP contribution in [0.1, 0.15) is 13.8 Å². The lowest BCUT2D eigenvalue weighted by atomic mass is 10.2. The first-order valence-electron chi connectivity index (χ1n) is 8.57. The Morgan fingerprint density at radius 3 is 2.50 bits per heavy atom. The summed E-state index contributed by atoms with van der Waals surface area (Å²) in [5.74, 6) is -0.408. The van der Waals surface area contributed by atoms with E-state index in [1.165, 1.54) is 11.8 Å². The average molecular weight is 416 g/mol. The van der Waals surface area contributed by atoms with Crippen molar-refractivity contribution < 1.29 is 13.2 Å². The summed E-state index contributed by atoms with van der Waals surface area (Å²) >= 11 is 6.95. The van der Waals surface area contributed by atoms with E-state index in [0.29, 0.717) is 5.17 Å². The highest BCUT2D eigenvalue weighted by Crippen LogP contribution is 2.41. The number of nitrogens with zero attached hydrogens (tertiary/aromatic N) is 3. The van der Waals surface area contributed by atoms with Gasteiger partial charge >= 0.3 is 0 Å². The highest BCUT2D eigenvalue weighted by atomic mass is 35.5. The van der Waals surface area contributed by atoms with Crippen molar-refractivity contribution in [2.24, 2.45) is 4.99 Å². The third-order valence-corrected chi connectivity index (χ3v) is 8.10. The number of amidine groups is 1. The summed E-state index contributed by atoms with van der Waals surface area (Å²) in [4.78, 5) is 19.9. The largest absolute Gasteiger partial charge is 0.372 e. The zero-order chi connectivity index (χ0) is 18.9. The van der Waals surface area contributed by atoms with Gasteiger partial charge in [-0.1, -0.05) is 11.8 Å². The fourth-order valence-electron chi connectivity index (χ4n) is 3.42. The fraction of sp³-hybridized carbons (Fsp3) is 0.529. The van der Waals surface area contributed by atoms with E-state index in [4.69, 9.17) is 11.6 Å². The highest BCUT2D eigenvalue weighted by molar-refractivity contribution is 8.16. The molecule has 0 N–H and O–H groups in total. The SMILES string of the molecule is CCN(CC)c1ccc(N2C(=NC(=O)CCl)SC3CS(=O)(=O)CC32)cc1. The molecule has 142 valence electrons. The summed E-state index contributed by atoms with van der Waals surface area (Å²) in [6.07, 6.45) is 0. The third kappa shape index (κ3) is 3.87. The number of hydrogen-bond donors (Lipinski definition) is 0. The second-order valence-electron chi connectivity index (χ2n) is 6.28. The zero-order valence-corrected chi connectivity index (χ0v) is 17.1. The number of carbonyl (C=O) groups excluding carboxylic acids is 1. The van der Waals surface area contributed by atoms with Gasteiger partial charge in [-0.15, -0.1) is 11.6 Å². The number of amides is 1. The maximum atomic E-state index is 12.1. The van der Waals surface area contributed by atoms with Crippen LogP contribution in [0.4, 0.5) is 11.4 Å². The van der Waals surface area contributed by atoms with Gasteiger partial charge in [0.1, 0.15) is 5.88 Å². The van der Waals surface area contributed by atoms with Crippen LogP contribution in [0.5, 0.6) is 0 Å². The molecule has 6 nitrogen and oxygen atoms in total. The molecule has 1 aromatic carbocycles. The lowest BCUT2D eigenvalue weighted by Crippen LogP contribution is -2.37. The number of aliphatic imine (C=N–C) groups is 1. The molecule has 2 heterocycles. The molecule has 0 saturated carbocycles. The molecule has 2 aliphatic heterocycles. The molecular formula is C17H22ClN3O3S2. The Morgan fingerprint density at radius 1 is 1.27 bits per heavy atom. The Morgan fingerprint density at radius 2 is 1.92 bits per heavy atom. The van der Waals surface area contributed by atoms with Crippen LogP contribution in [0.2, 0.25) is 0 Å². The van der Waals surface area contributed by atoms with Gasteiger partial charge in [-0.2, -0.15) is 4.99 Å². The normalized spacial score (nSPS) is 25.5. The van der Waals surface area contributed by atoms with Crippen LogP contribution in [0.3, 0.4) is 0 Å². The van der Waals surface area contributed by atoms with Crippen molar-refractivity contribution in [3.05, 3.63) is 24.3 Å².